The molecule has 23 heavy (non-hydrogen) atoms. The van der Waals surface area contributed by atoms with Gasteiger partial charge in [-0.2, -0.15) is 0 Å². The predicted molar refractivity (Wildman–Crippen MR) is 88.7 cm³/mol. The summed E-state index contributed by atoms with van der Waals surface area (Å²) in [5.41, 5.74) is 0. The summed E-state index contributed by atoms with van der Waals surface area (Å²) in [6.07, 6.45) is 8.19. The number of ether oxygens (including phenoxy) is 2. The number of rotatable bonds is 10. The first-order chi connectivity index (χ1) is 11.2. The Morgan fingerprint density at radius 3 is 2.87 bits per heavy atom. The van der Waals surface area contributed by atoms with Crippen LogP contribution in [-0.4, -0.2) is 37.7 Å². The first-order valence-electron chi connectivity index (χ1n) is 8.74. The molecule has 1 aliphatic rings. The number of amides is 1. The first-order valence-corrected chi connectivity index (χ1v) is 8.74. The molecule has 0 heterocycles. The molecule has 0 aromatic heterocycles. The summed E-state index contributed by atoms with van der Waals surface area (Å²) < 4.78 is 10.4. The van der Waals surface area contributed by atoms with Crippen LogP contribution in [0.3, 0.4) is 0 Å². The smallest absolute Gasteiger partial charge is 0.305 e. The average molecular weight is 323 g/mol. The molecule has 0 fully saturated rings. The fourth-order valence-corrected chi connectivity index (χ4v) is 2.36. The van der Waals surface area contributed by atoms with Gasteiger partial charge in [-0.05, 0) is 39.0 Å². The molecule has 0 aromatic carbocycles. The van der Waals surface area contributed by atoms with Gasteiger partial charge in [0.15, 0.2) is 0 Å². The molecule has 5 heteroatoms. The summed E-state index contributed by atoms with van der Waals surface area (Å²) in [5, 5.41) is 2.84. The summed E-state index contributed by atoms with van der Waals surface area (Å²) in [6.45, 7) is 2.92. The summed E-state index contributed by atoms with van der Waals surface area (Å²) in [4.78, 5) is 22.9. The molecule has 0 saturated heterocycles. The summed E-state index contributed by atoms with van der Waals surface area (Å²) in [5.74, 6) is 5.94. The van der Waals surface area contributed by atoms with Crippen molar-refractivity contribution in [2.75, 3.05) is 19.8 Å². The van der Waals surface area contributed by atoms with Gasteiger partial charge in [0.25, 0.3) is 0 Å². The van der Waals surface area contributed by atoms with Crippen molar-refractivity contribution < 1.29 is 19.1 Å². The van der Waals surface area contributed by atoms with Crippen molar-refractivity contribution in [3.8, 4) is 11.8 Å². The minimum atomic E-state index is -0.148. The van der Waals surface area contributed by atoms with Gasteiger partial charge in [-0.1, -0.05) is 18.8 Å². The maximum Gasteiger partial charge on any atom is 0.305 e. The fraction of sp³-hybridized carbons (Fsp3) is 0.778. The Morgan fingerprint density at radius 2 is 2.04 bits per heavy atom. The molecule has 0 bridgehead atoms. The van der Waals surface area contributed by atoms with Gasteiger partial charge in [0.1, 0.15) is 12.7 Å². The van der Waals surface area contributed by atoms with E-state index in [0.717, 1.165) is 44.9 Å². The van der Waals surface area contributed by atoms with Crippen molar-refractivity contribution in [2.45, 2.75) is 70.8 Å². The normalized spacial score (nSPS) is 17.3. The topological polar surface area (TPSA) is 64.6 Å². The van der Waals surface area contributed by atoms with Gasteiger partial charge in [0.05, 0.1) is 6.61 Å². The van der Waals surface area contributed by atoms with E-state index in [9.17, 15) is 9.59 Å². The Labute approximate surface area is 139 Å². The van der Waals surface area contributed by atoms with Gasteiger partial charge in [0.2, 0.25) is 5.91 Å². The van der Waals surface area contributed by atoms with Gasteiger partial charge < -0.3 is 14.8 Å². The predicted octanol–water partition coefficient (Wildman–Crippen LogP) is 2.58. The van der Waals surface area contributed by atoms with Crippen molar-refractivity contribution >= 4 is 11.9 Å². The molecule has 0 aromatic rings. The van der Waals surface area contributed by atoms with E-state index >= 15 is 0 Å². The van der Waals surface area contributed by atoms with Gasteiger partial charge in [0, 0.05) is 19.4 Å². The standard InChI is InChI=1S/C18H29NO4/c1-2-22-18(21)13-9-6-10-14-19-17(20)15-23-16-11-7-4-3-5-8-12-16/h16H,2-7,9-11,13-15H2,1H3,(H,19,20). The van der Waals surface area contributed by atoms with Crippen molar-refractivity contribution in [1.29, 1.82) is 0 Å². The third kappa shape index (κ3) is 10.8. The molecule has 0 radical (unpaired) electrons. The van der Waals surface area contributed by atoms with Crippen LogP contribution in [-0.2, 0) is 19.1 Å². The van der Waals surface area contributed by atoms with Crippen LogP contribution in [0.25, 0.3) is 0 Å². The van der Waals surface area contributed by atoms with Gasteiger partial charge in [-0.3, -0.25) is 9.59 Å². The Kier molecular flexibility index (Phi) is 11.0. The van der Waals surface area contributed by atoms with Crippen LogP contribution in [0.4, 0.5) is 0 Å². The minimum Gasteiger partial charge on any atom is -0.466 e. The Bertz CT molecular complexity index is 411. The number of carbonyl (C=O) groups is 2. The molecule has 1 atom stereocenters. The van der Waals surface area contributed by atoms with E-state index in [2.05, 4.69) is 17.2 Å². The second-order valence-electron chi connectivity index (χ2n) is 5.69. The van der Waals surface area contributed by atoms with E-state index in [1.807, 2.05) is 0 Å². The molecule has 1 aliphatic carbocycles. The van der Waals surface area contributed by atoms with Crippen LogP contribution in [0.2, 0.25) is 0 Å². The summed E-state index contributed by atoms with van der Waals surface area (Å²) >= 11 is 0. The van der Waals surface area contributed by atoms with E-state index in [0.29, 0.717) is 19.6 Å². The second kappa shape index (κ2) is 13.0. The van der Waals surface area contributed by atoms with E-state index in [1.54, 1.807) is 6.92 Å². The highest BCUT2D eigenvalue weighted by Crippen LogP contribution is 2.10. The van der Waals surface area contributed by atoms with E-state index in [1.165, 1.54) is 6.42 Å². The number of carbonyl (C=O) groups excluding carboxylic acids is 2. The van der Waals surface area contributed by atoms with Crippen LogP contribution in [0.15, 0.2) is 0 Å². The highest BCUT2D eigenvalue weighted by atomic mass is 16.5. The van der Waals surface area contributed by atoms with E-state index in [-0.39, 0.29) is 24.6 Å². The van der Waals surface area contributed by atoms with Crippen LogP contribution in [0, 0.1) is 11.8 Å². The summed E-state index contributed by atoms with van der Waals surface area (Å²) in [6, 6.07) is 0. The third-order valence-corrected chi connectivity index (χ3v) is 3.63. The van der Waals surface area contributed by atoms with E-state index < -0.39 is 0 Å². The lowest BCUT2D eigenvalue weighted by Gasteiger charge is -2.13. The molecule has 0 aliphatic heterocycles. The molecular weight excluding hydrogens is 294 g/mol. The SMILES string of the molecule is CCOC(=O)CCCCCNC(=O)COC1C#CCCCCC1. The monoisotopic (exact) mass is 323 g/mol. The zero-order chi connectivity index (χ0) is 16.8. The molecule has 0 saturated carbocycles. The van der Waals surface area contributed by atoms with Crippen LogP contribution >= 0.6 is 0 Å². The van der Waals surface area contributed by atoms with Gasteiger partial charge in [-0.25, -0.2) is 0 Å². The molecule has 5 nitrogen and oxygen atoms in total. The Morgan fingerprint density at radius 1 is 1.17 bits per heavy atom. The Balaban J connectivity index is 2.00. The highest BCUT2D eigenvalue weighted by Gasteiger charge is 2.10. The molecule has 130 valence electrons. The lowest BCUT2D eigenvalue weighted by Crippen LogP contribution is -2.30. The first kappa shape index (κ1) is 19.5. The number of unbranched alkanes of at least 4 members (excludes halogenated alkanes) is 2. The van der Waals surface area contributed by atoms with E-state index in [4.69, 9.17) is 9.47 Å². The molecule has 0 spiro atoms. The number of esters is 1. The van der Waals surface area contributed by atoms with Gasteiger partial charge >= 0.3 is 5.97 Å². The zero-order valence-corrected chi connectivity index (χ0v) is 14.2. The lowest BCUT2D eigenvalue weighted by molar-refractivity contribution is -0.143. The van der Waals surface area contributed by atoms with Crippen LogP contribution in [0.1, 0.15) is 64.7 Å². The molecular formula is C18H29NO4. The largest absolute Gasteiger partial charge is 0.466 e. The third-order valence-electron chi connectivity index (χ3n) is 3.63. The van der Waals surface area contributed by atoms with Crippen molar-refractivity contribution in [3.63, 3.8) is 0 Å². The van der Waals surface area contributed by atoms with Crippen LogP contribution < -0.4 is 5.32 Å². The molecule has 1 N–H and O–H groups in total. The quantitative estimate of drug-likeness (QED) is 0.381. The average Bonchev–Trinajstić information content (AvgIpc) is 2.50. The lowest BCUT2D eigenvalue weighted by atomic mass is 10.1. The Hall–Kier alpha value is -1.54. The minimum absolute atomic E-state index is 0.0716. The van der Waals surface area contributed by atoms with Crippen molar-refractivity contribution in [3.05, 3.63) is 0 Å². The maximum absolute atomic E-state index is 11.7. The van der Waals surface area contributed by atoms with Crippen molar-refractivity contribution in [2.24, 2.45) is 0 Å². The van der Waals surface area contributed by atoms with Crippen LogP contribution in [0.5, 0.6) is 0 Å². The number of hydrogen-bond donors (Lipinski definition) is 1. The maximum atomic E-state index is 11.7. The second-order valence-corrected chi connectivity index (χ2v) is 5.69. The molecule has 1 amide bonds. The summed E-state index contributed by atoms with van der Waals surface area (Å²) in [7, 11) is 0. The fourth-order valence-electron chi connectivity index (χ4n) is 2.36. The van der Waals surface area contributed by atoms with Gasteiger partial charge in [-0.15, -0.1) is 5.92 Å². The van der Waals surface area contributed by atoms with Crippen molar-refractivity contribution in [1.82, 2.24) is 5.32 Å². The number of hydrogen-bond acceptors (Lipinski definition) is 4. The number of nitrogens with one attached hydrogen (secondary N) is 1. The zero-order valence-electron chi connectivity index (χ0n) is 14.2. The highest BCUT2D eigenvalue weighted by molar-refractivity contribution is 5.77. The molecule has 1 rings (SSSR count). The molecule has 1 unspecified atom stereocenters.